The molecule has 2 aromatic rings. The lowest BCUT2D eigenvalue weighted by molar-refractivity contribution is 0.403. The zero-order valence-corrected chi connectivity index (χ0v) is 12.0. The second-order valence-electron chi connectivity index (χ2n) is 4.54. The predicted molar refractivity (Wildman–Crippen MR) is 76.5 cm³/mol. The van der Waals surface area contributed by atoms with E-state index < -0.39 is 0 Å². The predicted octanol–water partition coefficient (Wildman–Crippen LogP) is 2.53. The summed E-state index contributed by atoms with van der Waals surface area (Å²) in [5.74, 6) is 1.89. The highest BCUT2D eigenvalue weighted by atomic mass is 16.5. The van der Waals surface area contributed by atoms with Crippen LogP contribution in [0.1, 0.15) is 29.9 Å². The molecule has 0 bridgehead atoms. The highest BCUT2D eigenvalue weighted by molar-refractivity contribution is 5.41. The summed E-state index contributed by atoms with van der Waals surface area (Å²) in [4.78, 5) is 4.48. The molecule has 1 heterocycles. The number of methoxy groups -OCH3 is 1. The Labute approximate surface area is 114 Å². The number of hydrogen-bond donors (Lipinski definition) is 1. The SMILES string of the molecule is CCn1ccnc1C(NC)c1cc(C)ccc1OC. The van der Waals surface area contributed by atoms with E-state index in [9.17, 15) is 0 Å². The maximum absolute atomic E-state index is 5.48. The van der Waals surface area contributed by atoms with Gasteiger partial charge in [-0.25, -0.2) is 4.98 Å². The van der Waals surface area contributed by atoms with Gasteiger partial charge in [0.05, 0.1) is 13.2 Å². The topological polar surface area (TPSA) is 39.1 Å². The molecule has 0 aliphatic rings. The number of nitrogens with zero attached hydrogens (tertiary/aromatic N) is 2. The summed E-state index contributed by atoms with van der Waals surface area (Å²) in [6, 6.07) is 6.24. The van der Waals surface area contributed by atoms with E-state index in [0.717, 1.165) is 23.7 Å². The van der Waals surface area contributed by atoms with Crippen molar-refractivity contribution in [3.8, 4) is 5.75 Å². The number of imidazole rings is 1. The smallest absolute Gasteiger partial charge is 0.130 e. The fourth-order valence-electron chi connectivity index (χ4n) is 2.35. The van der Waals surface area contributed by atoms with Crippen molar-refractivity contribution < 1.29 is 4.74 Å². The molecule has 1 N–H and O–H groups in total. The molecule has 4 heteroatoms. The molecule has 2 rings (SSSR count). The number of aryl methyl sites for hydroxylation is 2. The molecule has 1 unspecified atom stereocenters. The fraction of sp³-hybridized carbons (Fsp3) is 0.400. The van der Waals surface area contributed by atoms with Gasteiger partial charge in [-0.1, -0.05) is 17.7 Å². The summed E-state index contributed by atoms with van der Waals surface area (Å²) in [6.45, 7) is 5.11. The van der Waals surface area contributed by atoms with Gasteiger partial charge in [0.1, 0.15) is 11.6 Å². The van der Waals surface area contributed by atoms with E-state index in [1.54, 1.807) is 7.11 Å². The monoisotopic (exact) mass is 259 g/mol. The first-order valence-electron chi connectivity index (χ1n) is 6.54. The third-order valence-electron chi connectivity index (χ3n) is 3.33. The minimum Gasteiger partial charge on any atom is -0.496 e. The summed E-state index contributed by atoms with van der Waals surface area (Å²) in [5.41, 5.74) is 2.33. The maximum Gasteiger partial charge on any atom is 0.130 e. The third kappa shape index (κ3) is 2.63. The fourth-order valence-corrected chi connectivity index (χ4v) is 2.35. The molecule has 0 radical (unpaired) electrons. The minimum atomic E-state index is 0.0322. The molecule has 102 valence electrons. The average Bonchev–Trinajstić information content (AvgIpc) is 2.88. The molecule has 0 fully saturated rings. The molecule has 0 aliphatic heterocycles. The van der Waals surface area contributed by atoms with E-state index in [1.807, 2.05) is 25.5 Å². The Kier molecular flexibility index (Phi) is 4.22. The molecule has 1 aromatic heterocycles. The van der Waals surface area contributed by atoms with Gasteiger partial charge in [-0.05, 0) is 27.0 Å². The Morgan fingerprint density at radius 2 is 2.21 bits per heavy atom. The van der Waals surface area contributed by atoms with Gasteiger partial charge >= 0.3 is 0 Å². The number of ether oxygens (including phenoxy) is 1. The number of hydrogen-bond acceptors (Lipinski definition) is 3. The summed E-state index contributed by atoms with van der Waals surface area (Å²) in [5, 5.41) is 3.33. The van der Waals surface area contributed by atoms with Crippen LogP contribution in [0.4, 0.5) is 0 Å². The first kappa shape index (κ1) is 13.6. The van der Waals surface area contributed by atoms with Gasteiger partial charge in [0, 0.05) is 24.5 Å². The van der Waals surface area contributed by atoms with Crippen LogP contribution in [0.3, 0.4) is 0 Å². The standard InChI is InChI=1S/C15H21N3O/c1-5-18-9-8-17-15(18)14(16-3)12-10-11(2)6-7-13(12)19-4/h6-10,14,16H,5H2,1-4H3. The van der Waals surface area contributed by atoms with Gasteiger partial charge in [0.25, 0.3) is 0 Å². The van der Waals surface area contributed by atoms with Crippen molar-refractivity contribution in [2.45, 2.75) is 26.4 Å². The third-order valence-corrected chi connectivity index (χ3v) is 3.33. The number of aromatic nitrogens is 2. The van der Waals surface area contributed by atoms with E-state index in [1.165, 1.54) is 5.56 Å². The van der Waals surface area contributed by atoms with Crippen molar-refractivity contribution in [3.05, 3.63) is 47.5 Å². The van der Waals surface area contributed by atoms with Crippen molar-refractivity contribution in [2.24, 2.45) is 0 Å². The van der Waals surface area contributed by atoms with Crippen LogP contribution >= 0.6 is 0 Å². The quantitative estimate of drug-likeness (QED) is 0.897. The summed E-state index contributed by atoms with van der Waals surface area (Å²) in [7, 11) is 3.65. The normalized spacial score (nSPS) is 12.4. The number of rotatable bonds is 5. The Morgan fingerprint density at radius 1 is 1.42 bits per heavy atom. The Morgan fingerprint density at radius 3 is 2.84 bits per heavy atom. The molecule has 4 nitrogen and oxygen atoms in total. The van der Waals surface area contributed by atoms with E-state index >= 15 is 0 Å². The van der Waals surface area contributed by atoms with E-state index in [4.69, 9.17) is 4.74 Å². The van der Waals surface area contributed by atoms with Gasteiger partial charge < -0.3 is 14.6 Å². The molecular formula is C15H21N3O. The van der Waals surface area contributed by atoms with Crippen molar-refractivity contribution in [1.82, 2.24) is 14.9 Å². The molecule has 0 spiro atoms. The van der Waals surface area contributed by atoms with Crippen LogP contribution in [0.2, 0.25) is 0 Å². The Balaban J connectivity index is 2.50. The van der Waals surface area contributed by atoms with Gasteiger partial charge in [0.15, 0.2) is 0 Å². The van der Waals surface area contributed by atoms with Crippen LogP contribution in [0.15, 0.2) is 30.6 Å². The van der Waals surface area contributed by atoms with Gasteiger partial charge in [0.2, 0.25) is 0 Å². The highest BCUT2D eigenvalue weighted by Gasteiger charge is 2.20. The van der Waals surface area contributed by atoms with E-state index in [2.05, 4.69) is 40.8 Å². The van der Waals surface area contributed by atoms with Gasteiger partial charge in [-0.15, -0.1) is 0 Å². The van der Waals surface area contributed by atoms with Crippen LogP contribution in [-0.4, -0.2) is 23.7 Å². The zero-order valence-electron chi connectivity index (χ0n) is 12.0. The Bertz CT molecular complexity index is 548. The summed E-state index contributed by atoms with van der Waals surface area (Å²) in [6.07, 6.45) is 3.84. The van der Waals surface area contributed by atoms with E-state index in [0.29, 0.717) is 0 Å². The maximum atomic E-state index is 5.48. The second kappa shape index (κ2) is 5.89. The highest BCUT2D eigenvalue weighted by Crippen LogP contribution is 2.30. The molecule has 0 saturated carbocycles. The van der Waals surface area contributed by atoms with Crippen LogP contribution in [0, 0.1) is 6.92 Å². The first-order valence-corrected chi connectivity index (χ1v) is 6.54. The molecular weight excluding hydrogens is 238 g/mol. The van der Waals surface area contributed by atoms with Crippen LogP contribution < -0.4 is 10.1 Å². The van der Waals surface area contributed by atoms with Crippen LogP contribution in [0.25, 0.3) is 0 Å². The molecule has 1 atom stereocenters. The Hall–Kier alpha value is -1.81. The molecule has 1 aromatic carbocycles. The van der Waals surface area contributed by atoms with Crippen molar-refractivity contribution in [1.29, 1.82) is 0 Å². The molecule has 19 heavy (non-hydrogen) atoms. The van der Waals surface area contributed by atoms with E-state index in [-0.39, 0.29) is 6.04 Å². The largest absolute Gasteiger partial charge is 0.496 e. The van der Waals surface area contributed by atoms with Crippen molar-refractivity contribution in [3.63, 3.8) is 0 Å². The zero-order chi connectivity index (χ0) is 13.8. The number of benzene rings is 1. The van der Waals surface area contributed by atoms with Gasteiger partial charge in [-0.3, -0.25) is 0 Å². The summed E-state index contributed by atoms with van der Waals surface area (Å²) >= 11 is 0. The lowest BCUT2D eigenvalue weighted by Crippen LogP contribution is -2.22. The number of nitrogens with one attached hydrogen (secondary N) is 1. The lowest BCUT2D eigenvalue weighted by atomic mass is 10.0. The lowest BCUT2D eigenvalue weighted by Gasteiger charge is -2.20. The summed E-state index contributed by atoms with van der Waals surface area (Å²) < 4.78 is 7.62. The molecule has 0 saturated heterocycles. The molecule has 0 amide bonds. The average molecular weight is 259 g/mol. The van der Waals surface area contributed by atoms with Gasteiger partial charge in [-0.2, -0.15) is 0 Å². The minimum absolute atomic E-state index is 0.0322. The van der Waals surface area contributed by atoms with Crippen molar-refractivity contribution >= 4 is 0 Å². The first-order chi connectivity index (χ1) is 9.21. The van der Waals surface area contributed by atoms with Crippen LogP contribution in [-0.2, 0) is 6.54 Å². The van der Waals surface area contributed by atoms with Crippen LogP contribution in [0.5, 0.6) is 5.75 Å². The molecule has 0 aliphatic carbocycles. The van der Waals surface area contributed by atoms with Crippen molar-refractivity contribution in [2.75, 3.05) is 14.2 Å². The second-order valence-corrected chi connectivity index (χ2v) is 4.54.